The maximum absolute atomic E-state index is 11.4. The van der Waals surface area contributed by atoms with Crippen LogP contribution in [0.5, 0.6) is 0 Å². The van der Waals surface area contributed by atoms with Gasteiger partial charge in [-0.25, -0.2) is 9.59 Å². The van der Waals surface area contributed by atoms with Crippen molar-refractivity contribution in [3.8, 4) is 0 Å². The third-order valence-electron chi connectivity index (χ3n) is 4.61. The van der Waals surface area contributed by atoms with Crippen molar-refractivity contribution in [3.63, 3.8) is 0 Å². The van der Waals surface area contributed by atoms with E-state index in [1.807, 2.05) is 0 Å². The van der Waals surface area contributed by atoms with E-state index in [1.54, 1.807) is 0 Å². The molecule has 2 unspecified atom stereocenters. The van der Waals surface area contributed by atoms with Gasteiger partial charge in [-0.15, -0.1) is 0 Å². The molecule has 2 fully saturated rings. The van der Waals surface area contributed by atoms with Gasteiger partial charge in [-0.3, -0.25) is 0 Å². The van der Waals surface area contributed by atoms with Crippen LogP contribution in [-0.2, 0) is 9.59 Å². The lowest BCUT2D eigenvalue weighted by Crippen LogP contribution is -2.40. The largest absolute Gasteiger partial charge is 0.478 e. The normalized spacial score (nSPS) is 29.6. The highest BCUT2D eigenvalue weighted by atomic mass is 16.4. The lowest BCUT2D eigenvalue weighted by molar-refractivity contribution is -0.134. The van der Waals surface area contributed by atoms with E-state index in [1.165, 1.54) is 0 Å². The first-order valence-electron chi connectivity index (χ1n) is 6.64. The number of carboxylic acids is 2. The van der Waals surface area contributed by atoms with E-state index in [0.717, 1.165) is 36.8 Å². The second-order valence-corrected chi connectivity index (χ2v) is 5.57. The molecule has 0 amide bonds. The van der Waals surface area contributed by atoms with Crippen molar-refractivity contribution in [1.82, 2.24) is 0 Å². The Hall–Kier alpha value is -1.84. The summed E-state index contributed by atoms with van der Waals surface area (Å²) in [7, 11) is 0. The monoisotopic (exact) mass is 260 g/mol. The van der Waals surface area contributed by atoms with Crippen LogP contribution in [0.4, 0.5) is 0 Å². The quantitative estimate of drug-likeness (QED) is 0.800. The van der Waals surface area contributed by atoms with E-state index in [0.29, 0.717) is 11.1 Å². The minimum Gasteiger partial charge on any atom is -0.478 e. The summed E-state index contributed by atoms with van der Waals surface area (Å²) in [6.45, 7) is 3.77. The van der Waals surface area contributed by atoms with Gasteiger partial charge < -0.3 is 10.2 Å². The predicted octanol–water partition coefficient (Wildman–Crippen LogP) is 2.53. The number of aliphatic carboxylic acids is 2. The molecule has 0 heterocycles. The molecule has 0 aromatic carbocycles. The van der Waals surface area contributed by atoms with Crippen LogP contribution < -0.4 is 0 Å². The topological polar surface area (TPSA) is 74.6 Å². The van der Waals surface area contributed by atoms with Gasteiger partial charge in [-0.2, -0.15) is 0 Å². The van der Waals surface area contributed by atoms with Gasteiger partial charge in [0.15, 0.2) is 0 Å². The molecule has 0 saturated heterocycles. The molecular formula is C15H16O4. The van der Waals surface area contributed by atoms with Gasteiger partial charge in [0.1, 0.15) is 0 Å². The fourth-order valence-corrected chi connectivity index (χ4v) is 3.88. The molecule has 2 N–H and O–H groups in total. The second kappa shape index (κ2) is 4.08. The summed E-state index contributed by atoms with van der Waals surface area (Å²) in [5, 5.41) is 18.7. The Bertz CT molecular complexity index is 565. The third-order valence-corrected chi connectivity index (χ3v) is 4.61. The first-order chi connectivity index (χ1) is 9.02. The van der Waals surface area contributed by atoms with Gasteiger partial charge in [0, 0.05) is 12.0 Å². The van der Waals surface area contributed by atoms with Crippen LogP contribution in [0.1, 0.15) is 32.1 Å². The SMILES string of the molecule is C=C1CC(C(=O)O)=C2C(=C1C(=O)O)C1CCCCC21. The molecule has 2 saturated carbocycles. The molecule has 0 radical (unpaired) electrons. The van der Waals surface area contributed by atoms with E-state index in [2.05, 4.69) is 6.58 Å². The molecule has 2 atom stereocenters. The minimum atomic E-state index is -0.967. The smallest absolute Gasteiger partial charge is 0.336 e. The van der Waals surface area contributed by atoms with Crippen LogP contribution in [-0.4, -0.2) is 22.2 Å². The lowest BCUT2D eigenvalue weighted by Gasteiger charge is -2.49. The fraction of sp³-hybridized carbons (Fsp3) is 0.467. The summed E-state index contributed by atoms with van der Waals surface area (Å²) >= 11 is 0. The highest BCUT2D eigenvalue weighted by molar-refractivity contribution is 6.00. The Kier molecular flexibility index (Phi) is 2.62. The highest BCUT2D eigenvalue weighted by Crippen LogP contribution is 2.58. The van der Waals surface area contributed by atoms with Crippen LogP contribution in [0.25, 0.3) is 0 Å². The van der Waals surface area contributed by atoms with Gasteiger partial charge in [0.2, 0.25) is 0 Å². The van der Waals surface area contributed by atoms with E-state index >= 15 is 0 Å². The molecule has 0 aliphatic heterocycles. The van der Waals surface area contributed by atoms with Gasteiger partial charge in [-0.05, 0) is 41.4 Å². The second-order valence-electron chi connectivity index (χ2n) is 5.57. The number of hydrogen-bond acceptors (Lipinski definition) is 2. The first-order valence-corrected chi connectivity index (χ1v) is 6.64. The van der Waals surface area contributed by atoms with Crippen molar-refractivity contribution < 1.29 is 19.8 Å². The summed E-state index contributed by atoms with van der Waals surface area (Å²) < 4.78 is 0. The summed E-state index contributed by atoms with van der Waals surface area (Å²) in [4.78, 5) is 22.8. The van der Waals surface area contributed by atoms with Crippen LogP contribution in [0.2, 0.25) is 0 Å². The summed E-state index contributed by atoms with van der Waals surface area (Å²) in [6.07, 6.45) is 4.33. The Balaban J connectivity index is 2.17. The van der Waals surface area contributed by atoms with Crippen molar-refractivity contribution in [2.24, 2.45) is 11.8 Å². The Morgan fingerprint density at radius 2 is 1.58 bits per heavy atom. The minimum absolute atomic E-state index is 0.166. The number of hydrogen-bond donors (Lipinski definition) is 2. The number of fused-ring (bicyclic) bond motifs is 4. The average Bonchev–Trinajstić information content (AvgIpc) is 2.34. The molecule has 0 bridgehead atoms. The highest BCUT2D eigenvalue weighted by Gasteiger charge is 2.49. The average molecular weight is 260 g/mol. The van der Waals surface area contributed by atoms with Gasteiger partial charge in [0.25, 0.3) is 0 Å². The molecule has 3 rings (SSSR count). The van der Waals surface area contributed by atoms with E-state index < -0.39 is 11.9 Å². The van der Waals surface area contributed by atoms with Gasteiger partial charge >= 0.3 is 11.9 Å². The zero-order valence-electron chi connectivity index (χ0n) is 10.6. The van der Waals surface area contributed by atoms with Crippen LogP contribution in [0.3, 0.4) is 0 Å². The van der Waals surface area contributed by atoms with Crippen LogP contribution in [0, 0.1) is 11.8 Å². The Morgan fingerprint density at radius 3 is 2.11 bits per heavy atom. The third kappa shape index (κ3) is 1.59. The van der Waals surface area contributed by atoms with E-state index in [9.17, 15) is 19.8 Å². The standard InChI is InChI=1S/C15H16O4/c1-7-6-10(14(16)17)12-8-4-2-3-5-9(8)13(12)11(7)15(18)19/h8-9H,1-6H2,(H,16,17)(H,18,19). The van der Waals surface area contributed by atoms with E-state index in [4.69, 9.17) is 0 Å². The van der Waals surface area contributed by atoms with Crippen LogP contribution in [0.15, 0.2) is 34.4 Å². The Labute approximate surface area is 111 Å². The lowest BCUT2D eigenvalue weighted by atomic mass is 9.54. The molecular weight excluding hydrogens is 244 g/mol. The van der Waals surface area contributed by atoms with Gasteiger partial charge in [0.05, 0.1) is 5.57 Å². The summed E-state index contributed by atoms with van der Waals surface area (Å²) in [5.41, 5.74) is 2.66. The van der Waals surface area contributed by atoms with Crippen molar-refractivity contribution in [1.29, 1.82) is 0 Å². The van der Waals surface area contributed by atoms with Crippen LogP contribution >= 0.6 is 0 Å². The molecule has 3 aliphatic rings. The number of rotatable bonds is 2. The predicted molar refractivity (Wildman–Crippen MR) is 68.5 cm³/mol. The number of carboxylic acid groups (broad SMARTS) is 2. The van der Waals surface area contributed by atoms with Crippen molar-refractivity contribution in [2.75, 3.05) is 0 Å². The number of carbonyl (C=O) groups is 2. The maximum Gasteiger partial charge on any atom is 0.336 e. The molecule has 19 heavy (non-hydrogen) atoms. The van der Waals surface area contributed by atoms with Crippen molar-refractivity contribution in [2.45, 2.75) is 32.1 Å². The summed E-state index contributed by atoms with van der Waals surface area (Å²) in [5.74, 6) is -1.40. The zero-order chi connectivity index (χ0) is 13.7. The molecule has 0 aromatic rings. The van der Waals surface area contributed by atoms with Gasteiger partial charge in [-0.1, -0.05) is 19.4 Å². The number of allylic oxidation sites excluding steroid dienone is 2. The molecule has 100 valence electrons. The Morgan fingerprint density at radius 1 is 1.00 bits per heavy atom. The fourth-order valence-electron chi connectivity index (χ4n) is 3.88. The first kappa shape index (κ1) is 12.2. The maximum atomic E-state index is 11.4. The summed E-state index contributed by atoms with van der Waals surface area (Å²) in [6, 6.07) is 0. The molecule has 3 aliphatic carbocycles. The molecule has 0 spiro atoms. The molecule has 4 nitrogen and oxygen atoms in total. The molecule has 0 aromatic heterocycles. The van der Waals surface area contributed by atoms with E-state index in [-0.39, 0.29) is 23.8 Å². The zero-order valence-corrected chi connectivity index (χ0v) is 10.6. The molecule has 4 heteroatoms. The van der Waals surface area contributed by atoms with Crippen molar-refractivity contribution >= 4 is 11.9 Å². The van der Waals surface area contributed by atoms with Crippen molar-refractivity contribution in [3.05, 3.63) is 34.4 Å².